The molecule has 0 aromatic heterocycles. The minimum absolute atomic E-state index is 0.00884. The van der Waals surface area contributed by atoms with Crippen LogP contribution < -0.4 is 0 Å². The van der Waals surface area contributed by atoms with Crippen molar-refractivity contribution in [2.24, 2.45) is 11.8 Å². The summed E-state index contributed by atoms with van der Waals surface area (Å²) in [7, 11) is 0. The van der Waals surface area contributed by atoms with E-state index in [-0.39, 0.29) is 41.8 Å². The Hall–Kier alpha value is -3.52. The zero-order valence-corrected chi connectivity index (χ0v) is 22.1. The van der Waals surface area contributed by atoms with Gasteiger partial charge in [-0.2, -0.15) is 0 Å². The van der Waals surface area contributed by atoms with Crippen LogP contribution >= 0.6 is 0 Å². The predicted octanol–water partition coefficient (Wildman–Crippen LogP) is 0.879. The summed E-state index contributed by atoms with van der Waals surface area (Å²) in [6.45, 7) is 3.42. The first-order chi connectivity index (χ1) is 19.6. The fraction of sp³-hybridized carbons (Fsp3) is 0.448. The van der Waals surface area contributed by atoms with E-state index in [1.807, 2.05) is 0 Å². The van der Waals surface area contributed by atoms with Gasteiger partial charge in [-0.05, 0) is 72.9 Å². The van der Waals surface area contributed by atoms with Crippen molar-refractivity contribution < 1.29 is 59.2 Å². The van der Waals surface area contributed by atoms with Crippen molar-refractivity contribution in [1.82, 2.24) is 0 Å². The Kier molecular flexibility index (Phi) is 9.97. The van der Waals surface area contributed by atoms with Crippen molar-refractivity contribution in [3.8, 4) is 11.5 Å². The van der Waals surface area contributed by atoms with E-state index in [1.165, 1.54) is 48.5 Å². The average molecular weight is 575 g/mol. The maximum atomic E-state index is 12.6. The van der Waals surface area contributed by atoms with Gasteiger partial charge in [0, 0.05) is 12.5 Å². The van der Waals surface area contributed by atoms with Gasteiger partial charge in [-0.3, -0.25) is 0 Å². The molecule has 2 aromatic carbocycles. The molecule has 2 aliphatic rings. The molecule has 0 amide bonds. The van der Waals surface area contributed by atoms with Crippen LogP contribution in [0.4, 0.5) is 0 Å². The maximum Gasteiger partial charge on any atom is 0.338 e. The normalized spacial score (nSPS) is 29.7. The van der Waals surface area contributed by atoms with Crippen molar-refractivity contribution in [3.63, 3.8) is 0 Å². The molecule has 1 heterocycles. The Morgan fingerprint density at radius 2 is 1.44 bits per heavy atom. The molecular weight excluding hydrogens is 540 g/mol. The number of carbonyl (C=O) groups is 2. The van der Waals surface area contributed by atoms with Crippen LogP contribution in [0.5, 0.6) is 11.5 Å². The van der Waals surface area contributed by atoms with Crippen molar-refractivity contribution in [2.75, 3.05) is 19.8 Å². The highest BCUT2D eigenvalue weighted by atomic mass is 16.7. The minimum Gasteiger partial charge on any atom is -0.508 e. The van der Waals surface area contributed by atoms with Gasteiger partial charge in [0.2, 0.25) is 0 Å². The Morgan fingerprint density at radius 1 is 0.854 bits per heavy atom. The van der Waals surface area contributed by atoms with Crippen LogP contribution in [0, 0.1) is 11.8 Å². The molecule has 1 saturated carbocycles. The molecule has 12 heteroatoms. The SMILES string of the molecule is C=C1[C@@H](OC(=O)c2ccc(O)cc2)C[C@H](CCO)[C@@H]1CO[C@@H]1O[C@H](COC(=O)c2ccc(O)cc2)[C@@H](O)[C@H](O)[C@H]1O. The number of phenolic OH excluding ortho intramolecular Hbond substituents is 2. The zero-order chi connectivity index (χ0) is 29.7. The zero-order valence-electron chi connectivity index (χ0n) is 22.1. The number of phenols is 2. The topological polar surface area (TPSA) is 192 Å². The van der Waals surface area contributed by atoms with E-state index in [9.17, 15) is 40.2 Å². The van der Waals surface area contributed by atoms with Crippen LogP contribution in [0.1, 0.15) is 33.6 Å². The van der Waals surface area contributed by atoms with E-state index < -0.39 is 61.3 Å². The van der Waals surface area contributed by atoms with Gasteiger partial charge in [-0.1, -0.05) is 6.58 Å². The van der Waals surface area contributed by atoms with E-state index >= 15 is 0 Å². The Labute approximate surface area is 236 Å². The molecule has 12 nitrogen and oxygen atoms in total. The summed E-state index contributed by atoms with van der Waals surface area (Å²) in [6.07, 6.45) is -7.41. The van der Waals surface area contributed by atoms with Crippen LogP contribution in [0.15, 0.2) is 60.7 Å². The van der Waals surface area contributed by atoms with Gasteiger partial charge in [0.15, 0.2) is 6.29 Å². The second kappa shape index (κ2) is 13.4. The molecule has 4 rings (SSSR count). The summed E-state index contributed by atoms with van der Waals surface area (Å²) < 4.78 is 22.3. The number of aromatic hydroxyl groups is 2. The smallest absolute Gasteiger partial charge is 0.338 e. The molecule has 0 unspecified atom stereocenters. The lowest BCUT2D eigenvalue weighted by molar-refractivity contribution is -0.302. The van der Waals surface area contributed by atoms with Gasteiger partial charge < -0.3 is 49.6 Å². The van der Waals surface area contributed by atoms with Crippen LogP contribution in [-0.4, -0.2) is 99.2 Å². The summed E-state index contributed by atoms with van der Waals surface area (Å²) in [5.74, 6) is -1.95. The summed E-state index contributed by atoms with van der Waals surface area (Å²) in [4.78, 5) is 24.9. The molecule has 41 heavy (non-hydrogen) atoms. The highest BCUT2D eigenvalue weighted by Crippen LogP contribution is 2.40. The fourth-order valence-corrected chi connectivity index (χ4v) is 5.01. The first-order valence-corrected chi connectivity index (χ1v) is 13.2. The monoisotopic (exact) mass is 574 g/mol. The van der Waals surface area contributed by atoms with Gasteiger partial charge in [0.05, 0.1) is 17.7 Å². The first-order valence-electron chi connectivity index (χ1n) is 13.2. The number of esters is 2. The van der Waals surface area contributed by atoms with E-state index in [1.54, 1.807) is 0 Å². The third-order valence-corrected chi connectivity index (χ3v) is 7.42. The second-order valence-electron chi connectivity index (χ2n) is 10.1. The van der Waals surface area contributed by atoms with Crippen molar-refractivity contribution in [3.05, 3.63) is 71.8 Å². The molecule has 0 bridgehead atoms. The molecular formula is C29H34O12. The lowest BCUT2D eigenvalue weighted by Gasteiger charge is -2.40. The van der Waals surface area contributed by atoms with E-state index in [0.717, 1.165) is 0 Å². The highest BCUT2D eigenvalue weighted by Gasteiger charge is 2.46. The summed E-state index contributed by atoms with van der Waals surface area (Å²) in [6, 6.07) is 10.9. The lowest BCUT2D eigenvalue weighted by atomic mass is 9.92. The first kappa shape index (κ1) is 30.4. The highest BCUT2D eigenvalue weighted by molar-refractivity contribution is 5.90. The number of hydrogen-bond donors (Lipinski definition) is 6. The van der Waals surface area contributed by atoms with Gasteiger partial charge in [-0.25, -0.2) is 9.59 Å². The van der Waals surface area contributed by atoms with Gasteiger partial charge >= 0.3 is 11.9 Å². The molecule has 222 valence electrons. The summed E-state index contributed by atoms with van der Waals surface area (Å²) in [5, 5.41) is 59.7. The van der Waals surface area contributed by atoms with Crippen molar-refractivity contribution in [1.29, 1.82) is 0 Å². The molecule has 0 radical (unpaired) electrons. The Balaban J connectivity index is 1.36. The van der Waals surface area contributed by atoms with Gasteiger partial charge in [0.1, 0.15) is 48.6 Å². The molecule has 2 aromatic rings. The van der Waals surface area contributed by atoms with E-state index in [0.29, 0.717) is 18.4 Å². The number of aliphatic hydroxyl groups is 4. The number of aliphatic hydroxyl groups excluding tert-OH is 4. The molecule has 1 aliphatic carbocycles. The molecule has 1 saturated heterocycles. The van der Waals surface area contributed by atoms with Crippen LogP contribution in [0.3, 0.4) is 0 Å². The third kappa shape index (κ3) is 7.22. The maximum absolute atomic E-state index is 12.6. The quantitative estimate of drug-likeness (QED) is 0.174. The average Bonchev–Trinajstić information content (AvgIpc) is 3.24. The predicted molar refractivity (Wildman–Crippen MR) is 141 cm³/mol. The standard InChI is InChI=1S/C29H34O12/c1-15-21(18(10-11-30)12-22(15)40-28(37)17-4-8-20(32)9-5-17)13-39-29-26(35)25(34)24(33)23(41-29)14-38-27(36)16-2-6-19(31)7-3-16/h2-9,18,21-26,29-35H,1,10-14H2/t18-,21+,22-,23+,24+,25-,26+,29+/m0/s1. The number of ether oxygens (including phenoxy) is 4. The minimum atomic E-state index is -1.66. The second-order valence-corrected chi connectivity index (χ2v) is 10.1. The fourth-order valence-electron chi connectivity index (χ4n) is 5.01. The summed E-state index contributed by atoms with van der Waals surface area (Å²) >= 11 is 0. The van der Waals surface area contributed by atoms with E-state index in [2.05, 4.69) is 6.58 Å². The number of carbonyl (C=O) groups excluding carboxylic acids is 2. The van der Waals surface area contributed by atoms with Crippen molar-refractivity contribution >= 4 is 11.9 Å². The molecule has 8 atom stereocenters. The number of benzene rings is 2. The van der Waals surface area contributed by atoms with Gasteiger partial charge in [0.25, 0.3) is 0 Å². The van der Waals surface area contributed by atoms with Crippen LogP contribution in [0.2, 0.25) is 0 Å². The summed E-state index contributed by atoms with van der Waals surface area (Å²) in [5.41, 5.74) is 0.940. The van der Waals surface area contributed by atoms with Crippen LogP contribution in [-0.2, 0) is 18.9 Å². The Morgan fingerprint density at radius 3 is 2.02 bits per heavy atom. The molecule has 1 aliphatic heterocycles. The van der Waals surface area contributed by atoms with Crippen LogP contribution in [0.25, 0.3) is 0 Å². The number of rotatable bonds is 10. The van der Waals surface area contributed by atoms with E-state index in [4.69, 9.17) is 18.9 Å². The molecule has 2 fully saturated rings. The Bertz CT molecular complexity index is 1200. The lowest BCUT2D eigenvalue weighted by Crippen LogP contribution is -2.59. The largest absolute Gasteiger partial charge is 0.508 e. The molecule has 6 N–H and O–H groups in total. The van der Waals surface area contributed by atoms with Gasteiger partial charge in [-0.15, -0.1) is 0 Å². The van der Waals surface area contributed by atoms with Crippen molar-refractivity contribution in [2.45, 2.75) is 49.7 Å². The third-order valence-electron chi connectivity index (χ3n) is 7.42. The molecule has 0 spiro atoms. The number of hydrogen-bond acceptors (Lipinski definition) is 12.